The van der Waals surface area contributed by atoms with Gasteiger partial charge in [0.15, 0.2) is 9.84 Å². The average Bonchev–Trinajstić information content (AvgIpc) is 2.58. The molecule has 0 fully saturated rings. The Hall–Kier alpha value is -2.18. The van der Waals surface area contributed by atoms with Gasteiger partial charge in [-0.15, -0.1) is 0 Å². The molecule has 6 heteroatoms. The Morgan fingerprint density at radius 3 is 2.33 bits per heavy atom. The lowest BCUT2D eigenvalue weighted by Crippen LogP contribution is -2.31. The van der Waals surface area contributed by atoms with Gasteiger partial charge in [-0.3, -0.25) is 4.79 Å². The Labute approximate surface area is 143 Å². The van der Waals surface area contributed by atoms with Crippen molar-refractivity contribution in [3.63, 3.8) is 0 Å². The van der Waals surface area contributed by atoms with Gasteiger partial charge in [-0.2, -0.15) is 0 Å². The summed E-state index contributed by atoms with van der Waals surface area (Å²) in [7, 11) is -1.52. The molecule has 5 nitrogen and oxygen atoms in total. The predicted molar refractivity (Wildman–Crippen MR) is 94.5 cm³/mol. The third-order valence-electron chi connectivity index (χ3n) is 3.66. The molecule has 0 saturated heterocycles. The van der Waals surface area contributed by atoms with Crippen LogP contribution in [0.25, 0.3) is 0 Å². The molecule has 0 saturated carbocycles. The molecule has 0 aliphatic heterocycles. The summed E-state index contributed by atoms with van der Waals surface area (Å²) in [6.07, 6.45) is 1.53. The van der Waals surface area contributed by atoms with E-state index >= 15 is 0 Å². The van der Waals surface area contributed by atoms with Crippen LogP contribution in [0.2, 0.25) is 0 Å². The van der Waals surface area contributed by atoms with Crippen molar-refractivity contribution in [1.82, 2.24) is 10.6 Å². The van der Waals surface area contributed by atoms with Crippen molar-refractivity contribution < 1.29 is 13.2 Å². The Morgan fingerprint density at radius 1 is 1.04 bits per heavy atom. The van der Waals surface area contributed by atoms with Crippen LogP contribution in [0.15, 0.2) is 59.5 Å². The number of carbonyl (C=O) groups excluding carboxylic acids is 1. The summed E-state index contributed by atoms with van der Waals surface area (Å²) >= 11 is 0. The van der Waals surface area contributed by atoms with Crippen LogP contribution in [0, 0.1) is 0 Å². The summed E-state index contributed by atoms with van der Waals surface area (Å²) in [5.41, 5.74) is 1.64. The lowest BCUT2D eigenvalue weighted by Gasteiger charge is -2.20. The Kier molecular flexibility index (Phi) is 6.11. The van der Waals surface area contributed by atoms with Gasteiger partial charge >= 0.3 is 0 Å². The molecule has 0 bridgehead atoms. The molecule has 2 aromatic rings. The predicted octanol–water partition coefficient (Wildman–Crippen LogP) is 1.91. The molecule has 0 heterocycles. The van der Waals surface area contributed by atoms with Gasteiger partial charge in [0.05, 0.1) is 10.9 Å². The highest BCUT2D eigenvalue weighted by Crippen LogP contribution is 2.24. The fraction of sp³-hybridized carbons (Fsp3) is 0.278. The van der Waals surface area contributed by atoms with Crippen LogP contribution in [0.4, 0.5) is 0 Å². The number of benzene rings is 2. The summed E-state index contributed by atoms with van der Waals surface area (Å²) in [5, 5.41) is 5.93. The van der Waals surface area contributed by atoms with Gasteiger partial charge in [0.1, 0.15) is 0 Å². The summed E-state index contributed by atoms with van der Waals surface area (Å²) in [4.78, 5) is 12.4. The van der Waals surface area contributed by atoms with E-state index in [1.807, 2.05) is 36.4 Å². The molecule has 0 spiro atoms. The molecule has 0 radical (unpaired) electrons. The number of carbonyl (C=O) groups is 1. The molecule has 2 aromatic carbocycles. The SMILES string of the molecule is CNCCC(=O)NC(c1ccccc1)c1cccc(S(C)(=O)=O)c1. The number of sulfone groups is 1. The minimum absolute atomic E-state index is 0.0945. The Balaban J connectivity index is 2.38. The van der Waals surface area contributed by atoms with Crippen molar-refractivity contribution in [2.45, 2.75) is 17.4 Å². The first kappa shape index (κ1) is 18.2. The fourth-order valence-electron chi connectivity index (χ4n) is 2.40. The first-order valence-corrected chi connectivity index (χ1v) is 9.60. The largest absolute Gasteiger partial charge is 0.345 e. The minimum atomic E-state index is -3.31. The molecule has 24 heavy (non-hydrogen) atoms. The van der Waals surface area contributed by atoms with Gasteiger partial charge < -0.3 is 10.6 Å². The van der Waals surface area contributed by atoms with Crippen LogP contribution in [0.1, 0.15) is 23.6 Å². The summed E-state index contributed by atoms with van der Waals surface area (Å²) < 4.78 is 23.6. The number of hydrogen-bond donors (Lipinski definition) is 2. The first-order chi connectivity index (χ1) is 11.4. The maximum absolute atomic E-state index is 12.2. The van der Waals surface area contributed by atoms with Crippen molar-refractivity contribution in [1.29, 1.82) is 0 Å². The second-order valence-electron chi connectivity index (χ2n) is 5.61. The molecule has 2 N–H and O–H groups in total. The van der Waals surface area contributed by atoms with Crippen molar-refractivity contribution in [2.24, 2.45) is 0 Å². The van der Waals surface area contributed by atoms with Gasteiger partial charge in [-0.1, -0.05) is 42.5 Å². The van der Waals surface area contributed by atoms with E-state index in [9.17, 15) is 13.2 Å². The Morgan fingerprint density at radius 2 is 1.71 bits per heavy atom. The van der Waals surface area contributed by atoms with E-state index in [-0.39, 0.29) is 10.8 Å². The normalized spacial score (nSPS) is 12.6. The topological polar surface area (TPSA) is 75.3 Å². The molecule has 1 unspecified atom stereocenters. The standard InChI is InChI=1S/C18H22N2O3S/c1-19-12-11-17(21)20-18(14-7-4-3-5-8-14)15-9-6-10-16(13-15)24(2,22)23/h3-10,13,18-19H,11-12H2,1-2H3,(H,20,21). The average molecular weight is 346 g/mol. The molecule has 0 aromatic heterocycles. The highest BCUT2D eigenvalue weighted by Gasteiger charge is 2.18. The van der Waals surface area contributed by atoms with Crippen molar-refractivity contribution in [3.8, 4) is 0 Å². The monoisotopic (exact) mass is 346 g/mol. The van der Waals surface area contributed by atoms with Crippen LogP contribution in [-0.2, 0) is 14.6 Å². The van der Waals surface area contributed by atoms with E-state index in [1.165, 1.54) is 6.26 Å². The van der Waals surface area contributed by atoms with Crippen LogP contribution >= 0.6 is 0 Å². The van der Waals surface area contributed by atoms with Gasteiger partial charge in [-0.25, -0.2) is 8.42 Å². The quantitative estimate of drug-likeness (QED) is 0.803. The molecule has 1 atom stereocenters. The van der Waals surface area contributed by atoms with Gasteiger partial charge in [0.2, 0.25) is 5.91 Å². The van der Waals surface area contributed by atoms with E-state index in [4.69, 9.17) is 0 Å². The summed E-state index contributed by atoms with van der Waals surface area (Å²) in [6.45, 7) is 0.580. The smallest absolute Gasteiger partial charge is 0.222 e. The lowest BCUT2D eigenvalue weighted by molar-refractivity contribution is -0.121. The van der Waals surface area contributed by atoms with E-state index in [1.54, 1.807) is 25.2 Å². The zero-order chi connectivity index (χ0) is 17.6. The number of hydrogen-bond acceptors (Lipinski definition) is 4. The Bertz CT molecular complexity index is 789. The molecule has 128 valence electrons. The van der Waals surface area contributed by atoms with Crippen LogP contribution < -0.4 is 10.6 Å². The van der Waals surface area contributed by atoms with E-state index < -0.39 is 15.9 Å². The number of nitrogens with one attached hydrogen (secondary N) is 2. The van der Waals surface area contributed by atoms with Crippen LogP contribution in [0.3, 0.4) is 0 Å². The zero-order valence-electron chi connectivity index (χ0n) is 13.8. The highest BCUT2D eigenvalue weighted by molar-refractivity contribution is 7.90. The molecule has 0 aliphatic carbocycles. The number of amides is 1. The second kappa shape index (κ2) is 8.08. The number of rotatable bonds is 7. The van der Waals surface area contributed by atoms with Crippen molar-refractivity contribution in [3.05, 3.63) is 65.7 Å². The zero-order valence-corrected chi connectivity index (χ0v) is 14.6. The maximum atomic E-state index is 12.2. The molecular formula is C18H22N2O3S. The first-order valence-electron chi connectivity index (χ1n) is 7.71. The van der Waals surface area contributed by atoms with Crippen LogP contribution in [-0.4, -0.2) is 34.2 Å². The van der Waals surface area contributed by atoms with E-state index in [0.717, 1.165) is 11.1 Å². The van der Waals surface area contributed by atoms with E-state index in [0.29, 0.717) is 13.0 Å². The highest BCUT2D eigenvalue weighted by atomic mass is 32.2. The second-order valence-corrected chi connectivity index (χ2v) is 7.63. The van der Waals surface area contributed by atoms with Crippen molar-refractivity contribution >= 4 is 15.7 Å². The van der Waals surface area contributed by atoms with E-state index in [2.05, 4.69) is 10.6 Å². The summed E-state index contributed by atoms with van der Waals surface area (Å²) in [6, 6.07) is 15.8. The lowest BCUT2D eigenvalue weighted by atomic mass is 9.98. The third kappa shape index (κ3) is 4.91. The summed E-state index contributed by atoms with van der Waals surface area (Å²) in [5.74, 6) is -0.0945. The molecule has 0 aliphatic rings. The van der Waals surface area contributed by atoms with Gasteiger partial charge in [-0.05, 0) is 30.3 Å². The molecule has 1 amide bonds. The van der Waals surface area contributed by atoms with Crippen molar-refractivity contribution in [2.75, 3.05) is 19.8 Å². The fourth-order valence-corrected chi connectivity index (χ4v) is 3.08. The van der Waals surface area contributed by atoms with Gasteiger partial charge in [0, 0.05) is 19.2 Å². The molecular weight excluding hydrogens is 324 g/mol. The third-order valence-corrected chi connectivity index (χ3v) is 4.77. The van der Waals surface area contributed by atoms with Gasteiger partial charge in [0.25, 0.3) is 0 Å². The molecule has 2 rings (SSSR count). The minimum Gasteiger partial charge on any atom is -0.345 e. The maximum Gasteiger partial charge on any atom is 0.222 e. The van der Waals surface area contributed by atoms with Crippen LogP contribution in [0.5, 0.6) is 0 Å².